The van der Waals surface area contributed by atoms with Crippen LogP contribution in [0.2, 0.25) is 0 Å². The summed E-state index contributed by atoms with van der Waals surface area (Å²) in [4.78, 5) is 9.04. The minimum absolute atomic E-state index is 0.602. The van der Waals surface area contributed by atoms with Crippen molar-refractivity contribution >= 4 is 27.6 Å². The third-order valence-corrected chi connectivity index (χ3v) is 4.06. The summed E-state index contributed by atoms with van der Waals surface area (Å²) in [5, 5.41) is 9.57. The Bertz CT molecular complexity index is 1080. The smallest absolute Gasteiger partial charge is 0.179 e. The molecule has 6 heteroatoms. The molecule has 0 atom stereocenters. The van der Waals surface area contributed by atoms with Crippen LogP contribution in [0.1, 0.15) is 18.2 Å². The van der Waals surface area contributed by atoms with Gasteiger partial charge in [0.2, 0.25) is 0 Å². The molecule has 3 aromatic heterocycles. The number of ether oxygens (including phenoxy) is 1. The molecule has 4 aromatic rings. The average molecular weight is 331 g/mol. The molecule has 0 bridgehead atoms. The summed E-state index contributed by atoms with van der Waals surface area (Å²) in [5.41, 5.74) is 5.44. The molecule has 0 aliphatic rings. The van der Waals surface area contributed by atoms with Crippen LogP contribution in [0.3, 0.4) is 0 Å². The molecule has 0 spiro atoms. The van der Waals surface area contributed by atoms with Crippen LogP contribution in [0.4, 0.5) is 0 Å². The fourth-order valence-corrected chi connectivity index (χ4v) is 2.81. The van der Waals surface area contributed by atoms with E-state index in [-0.39, 0.29) is 0 Å². The van der Waals surface area contributed by atoms with Gasteiger partial charge in [-0.1, -0.05) is 17.3 Å². The summed E-state index contributed by atoms with van der Waals surface area (Å²) in [6, 6.07) is 14.1. The predicted octanol–water partition coefficient (Wildman–Crippen LogP) is 3.43. The Morgan fingerprint density at radius 2 is 2.04 bits per heavy atom. The van der Waals surface area contributed by atoms with E-state index >= 15 is 0 Å². The molecule has 0 fully saturated rings. The number of hydrogen-bond acceptors (Lipinski definition) is 5. The van der Waals surface area contributed by atoms with Crippen molar-refractivity contribution in [1.82, 2.24) is 25.0 Å². The normalized spacial score (nSPS) is 12.0. The lowest BCUT2D eigenvalue weighted by atomic mass is 10.1. The zero-order valence-corrected chi connectivity index (χ0v) is 14.0. The summed E-state index contributed by atoms with van der Waals surface area (Å²) >= 11 is 0. The molecule has 1 aromatic carbocycles. The van der Waals surface area contributed by atoms with Gasteiger partial charge < -0.3 is 4.74 Å². The van der Waals surface area contributed by atoms with Gasteiger partial charge in [0.05, 0.1) is 31.1 Å². The standard InChI is InChI=1S/C19H17N5O/c1-13(12-25-2)16-7-8-18-19(21-16)24(23-22-18)11-14-5-6-17-15(10-14)4-3-9-20-17/h3-10,12H,11H2,1-2H3/b13-12+. The number of hydrogen-bond donors (Lipinski definition) is 0. The summed E-state index contributed by atoms with van der Waals surface area (Å²) < 4.78 is 6.89. The van der Waals surface area contributed by atoms with Gasteiger partial charge in [-0.3, -0.25) is 4.98 Å². The van der Waals surface area contributed by atoms with E-state index in [4.69, 9.17) is 4.74 Å². The highest BCUT2D eigenvalue weighted by atomic mass is 16.5. The van der Waals surface area contributed by atoms with Crippen LogP contribution in [0.5, 0.6) is 0 Å². The molecular weight excluding hydrogens is 314 g/mol. The average Bonchev–Trinajstić information content (AvgIpc) is 3.04. The maximum atomic E-state index is 5.07. The minimum Gasteiger partial charge on any atom is -0.504 e. The van der Waals surface area contributed by atoms with Gasteiger partial charge in [-0.05, 0) is 42.8 Å². The molecular formula is C19H17N5O. The lowest BCUT2D eigenvalue weighted by molar-refractivity contribution is 0.339. The number of allylic oxidation sites excluding steroid dienone is 1. The molecule has 124 valence electrons. The maximum absolute atomic E-state index is 5.07. The zero-order chi connectivity index (χ0) is 17.2. The Hall–Kier alpha value is -3.28. The third-order valence-electron chi connectivity index (χ3n) is 4.06. The summed E-state index contributed by atoms with van der Waals surface area (Å²) in [5.74, 6) is 0. The first-order valence-corrected chi connectivity index (χ1v) is 7.98. The molecule has 0 radical (unpaired) electrons. The van der Waals surface area contributed by atoms with Gasteiger partial charge in [-0.25, -0.2) is 9.67 Å². The monoisotopic (exact) mass is 331 g/mol. The number of fused-ring (bicyclic) bond motifs is 2. The minimum atomic E-state index is 0.602. The molecule has 25 heavy (non-hydrogen) atoms. The molecule has 0 saturated carbocycles. The highest BCUT2D eigenvalue weighted by molar-refractivity contribution is 5.79. The Kier molecular flexibility index (Phi) is 3.85. The number of rotatable bonds is 4. The molecule has 4 rings (SSSR count). The summed E-state index contributed by atoms with van der Waals surface area (Å²) in [6.45, 7) is 2.56. The van der Waals surface area contributed by atoms with Crippen molar-refractivity contribution in [1.29, 1.82) is 0 Å². The molecule has 3 heterocycles. The number of aromatic nitrogens is 5. The van der Waals surface area contributed by atoms with Crippen molar-refractivity contribution in [3.63, 3.8) is 0 Å². The molecule has 0 N–H and O–H groups in total. The van der Waals surface area contributed by atoms with Crippen LogP contribution in [0, 0.1) is 0 Å². The fourth-order valence-electron chi connectivity index (χ4n) is 2.81. The first kappa shape index (κ1) is 15.3. The van der Waals surface area contributed by atoms with Crippen molar-refractivity contribution in [3.8, 4) is 0 Å². The van der Waals surface area contributed by atoms with E-state index in [1.807, 2.05) is 35.9 Å². The Morgan fingerprint density at radius 3 is 2.92 bits per heavy atom. The Labute approximate surface area is 144 Å². The molecule has 0 unspecified atom stereocenters. The highest BCUT2D eigenvalue weighted by Crippen LogP contribution is 2.18. The van der Waals surface area contributed by atoms with E-state index in [9.17, 15) is 0 Å². The van der Waals surface area contributed by atoms with Crippen molar-refractivity contribution in [3.05, 3.63) is 66.2 Å². The van der Waals surface area contributed by atoms with Crippen LogP contribution in [0.25, 0.3) is 27.6 Å². The van der Waals surface area contributed by atoms with E-state index < -0.39 is 0 Å². The quantitative estimate of drug-likeness (QED) is 0.536. The number of pyridine rings is 2. The van der Waals surface area contributed by atoms with Crippen LogP contribution in [-0.4, -0.2) is 32.1 Å². The maximum Gasteiger partial charge on any atom is 0.179 e. The highest BCUT2D eigenvalue weighted by Gasteiger charge is 2.09. The largest absolute Gasteiger partial charge is 0.504 e. The molecule has 0 saturated heterocycles. The van der Waals surface area contributed by atoms with Gasteiger partial charge in [0.1, 0.15) is 5.52 Å². The van der Waals surface area contributed by atoms with Crippen LogP contribution < -0.4 is 0 Å². The van der Waals surface area contributed by atoms with Crippen molar-refractivity contribution in [2.45, 2.75) is 13.5 Å². The Balaban J connectivity index is 1.72. The van der Waals surface area contributed by atoms with Gasteiger partial charge >= 0.3 is 0 Å². The van der Waals surface area contributed by atoms with E-state index in [0.29, 0.717) is 6.54 Å². The summed E-state index contributed by atoms with van der Waals surface area (Å²) in [7, 11) is 1.63. The number of methoxy groups -OCH3 is 1. The predicted molar refractivity (Wildman–Crippen MR) is 96.8 cm³/mol. The lowest BCUT2D eigenvalue weighted by Crippen LogP contribution is -2.03. The molecule has 0 aliphatic carbocycles. The topological polar surface area (TPSA) is 65.7 Å². The lowest BCUT2D eigenvalue weighted by Gasteiger charge is -2.05. The second kappa shape index (κ2) is 6.32. The first-order chi connectivity index (χ1) is 12.2. The van der Waals surface area contributed by atoms with Crippen LogP contribution in [-0.2, 0) is 11.3 Å². The van der Waals surface area contributed by atoms with Crippen molar-refractivity contribution in [2.75, 3.05) is 7.11 Å². The SMILES string of the molecule is CO/C=C(\C)c1ccc2nnn(Cc3ccc4ncccc4c3)c2n1. The van der Waals surface area contributed by atoms with Gasteiger partial charge in [0, 0.05) is 17.2 Å². The van der Waals surface area contributed by atoms with E-state index in [1.165, 1.54) is 0 Å². The fraction of sp³-hybridized carbons (Fsp3) is 0.158. The second-order valence-corrected chi connectivity index (χ2v) is 5.85. The second-order valence-electron chi connectivity index (χ2n) is 5.85. The first-order valence-electron chi connectivity index (χ1n) is 7.98. The van der Waals surface area contributed by atoms with Gasteiger partial charge in [-0.2, -0.15) is 0 Å². The Morgan fingerprint density at radius 1 is 1.16 bits per heavy atom. The van der Waals surface area contributed by atoms with Crippen LogP contribution in [0.15, 0.2) is 54.9 Å². The zero-order valence-electron chi connectivity index (χ0n) is 14.0. The molecule has 6 nitrogen and oxygen atoms in total. The van der Waals surface area contributed by atoms with Gasteiger partial charge in [0.15, 0.2) is 5.65 Å². The summed E-state index contributed by atoms with van der Waals surface area (Å²) in [6.07, 6.45) is 3.48. The van der Waals surface area contributed by atoms with Crippen molar-refractivity contribution < 1.29 is 4.74 Å². The van der Waals surface area contributed by atoms with Crippen molar-refractivity contribution in [2.24, 2.45) is 0 Å². The van der Waals surface area contributed by atoms with E-state index in [1.54, 1.807) is 19.6 Å². The van der Waals surface area contributed by atoms with Gasteiger partial charge in [0.25, 0.3) is 0 Å². The van der Waals surface area contributed by atoms with Crippen LogP contribution >= 0.6 is 0 Å². The number of nitrogens with zero attached hydrogens (tertiary/aromatic N) is 5. The molecule has 0 amide bonds. The van der Waals surface area contributed by atoms with E-state index in [2.05, 4.69) is 38.5 Å². The third kappa shape index (κ3) is 2.94. The van der Waals surface area contributed by atoms with Gasteiger partial charge in [-0.15, -0.1) is 5.10 Å². The van der Waals surface area contributed by atoms with E-state index in [0.717, 1.165) is 38.9 Å². The number of benzene rings is 1. The molecule has 0 aliphatic heterocycles.